The summed E-state index contributed by atoms with van der Waals surface area (Å²) in [7, 11) is 0. The molecule has 0 amide bonds. The third-order valence-corrected chi connectivity index (χ3v) is 5.57. The molecule has 0 aromatic carbocycles. The van der Waals surface area contributed by atoms with Crippen LogP contribution in [-0.4, -0.2) is 16.2 Å². The predicted molar refractivity (Wildman–Crippen MR) is 81.7 cm³/mol. The lowest BCUT2D eigenvalue weighted by atomic mass is 9.77. The number of nitrogens with zero attached hydrogens (tertiary/aromatic N) is 1. The van der Waals surface area contributed by atoms with Crippen LogP contribution in [0.3, 0.4) is 0 Å². The molecule has 1 aliphatic rings. The highest BCUT2D eigenvalue weighted by molar-refractivity contribution is 7.09. The quantitative estimate of drug-likeness (QED) is 0.892. The number of aliphatic hydroxyl groups is 1. The van der Waals surface area contributed by atoms with Gasteiger partial charge >= 0.3 is 0 Å². The van der Waals surface area contributed by atoms with E-state index in [1.54, 1.807) is 11.3 Å². The van der Waals surface area contributed by atoms with Gasteiger partial charge in [-0.2, -0.15) is 0 Å². The molecule has 0 bridgehead atoms. The first kappa shape index (κ1) is 15.0. The molecule has 0 saturated heterocycles. The topological polar surface area (TPSA) is 33.1 Å². The standard InChI is InChI=1S/C16H27NOS/c1-5-16(8-6-7-9-16)13(18)10-14-17-12(11-19-14)15(2,3)4/h11,13,18H,5-10H2,1-4H3. The number of hydrogen-bond donors (Lipinski definition) is 1. The van der Waals surface area contributed by atoms with Gasteiger partial charge in [0.15, 0.2) is 0 Å². The second-order valence-electron chi connectivity index (χ2n) is 7.02. The molecule has 1 atom stereocenters. The van der Waals surface area contributed by atoms with Crippen LogP contribution in [-0.2, 0) is 11.8 Å². The van der Waals surface area contributed by atoms with Gasteiger partial charge in [0, 0.05) is 17.2 Å². The third kappa shape index (κ3) is 3.19. The van der Waals surface area contributed by atoms with E-state index in [-0.39, 0.29) is 16.9 Å². The number of rotatable bonds is 4. The molecule has 0 radical (unpaired) electrons. The van der Waals surface area contributed by atoms with Gasteiger partial charge < -0.3 is 5.11 Å². The fourth-order valence-electron chi connectivity index (χ4n) is 3.13. The molecule has 2 rings (SSSR count). The lowest BCUT2D eigenvalue weighted by Crippen LogP contribution is -2.33. The molecule has 1 fully saturated rings. The summed E-state index contributed by atoms with van der Waals surface area (Å²) in [4.78, 5) is 4.72. The maximum Gasteiger partial charge on any atom is 0.0954 e. The molecule has 19 heavy (non-hydrogen) atoms. The zero-order chi connectivity index (χ0) is 14.1. The Bertz CT molecular complexity index is 413. The van der Waals surface area contributed by atoms with Crippen molar-refractivity contribution in [3.63, 3.8) is 0 Å². The minimum Gasteiger partial charge on any atom is -0.392 e. The smallest absolute Gasteiger partial charge is 0.0954 e. The van der Waals surface area contributed by atoms with Crippen molar-refractivity contribution in [3.8, 4) is 0 Å². The molecule has 0 spiro atoms. The Morgan fingerprint density at radius 3 is 2.47 bits per heavy atom. The highest BCUT2D eigenvalue weighted by atomic mass is 32.1. The fourth-order valence-corrected chi connectivity index (χ4v) is 4.19. The van der Waals surface area contributed by atoms with Crippen LogP contribution in [0.1, 0.15) is 70.5 Å². The summed E-state index contributed by atoms with van der Waals surface area (Å²) in [6.07, 6.45) is 6.51. The van der Waals surface area contributed by atoms with Crippen LogP contribution in [0.2, 0.25) is 0 Å². The van der Waals surface area contributed by atoms with Gasteiger partial charge in [0.25, 0.3) is 0 Å². The summed E-state index contributed by atoms with van der Waals surface area (Å²) < 4.78 is 0. The normalized spacial score (nSPS) is 20.7. The number of aromatic nitrogens is 1. The van der Waals surface area contributed by atoms with Crippen molar-refractivity contribution in [2.24, 2.45) is 5.41 Å². The van der Waals surface area contributed by atoms with Crippen molar-refractivity contribution in [1.82, 2.24) is 4.98 Å². The Labute approximate surface area is 121 Å². The molecular weight excluding hydrogens is 254 g/mol. The minimum absolute atomic E-state index is 0.107. The molecule has 1 unspecified atom stereocenters. The Kier molecular flexibility index (Phi) is 4.36. The van der Waals surface area contributed by atoms with Crippen molar-refractivity contribution < 1.29 is 5.11 Å². The van der Waals surface area contributed by atoms with E-state index >= 15 is 0 Å². The van der Waals surface area contributed by atoms with Crippen LogP contribution in [0.5, 0.6) is 0 Å². The predicted octanol–water partition coefficient (Wildman–Crippen LogP) is 4.31. The Morgan fingerprint density at radius 1 is 1.37 bits per heavy atom. The number of thiazole rings is 1. The monoisotopic (exact) mass is 281 g/mol. The van der Waals surface area contributed by atoms with Gasteiger partial charge in [0.2, 0.25) is 0 Å². The maximum atomic E-state index is 10.6. The molecule has 1 saturated carbocycles. The maximum absolute atomic E-state index is 10.6. The molecule has 1 heterocycles. The van der Waals surface area contributed by atoms with Crippen molar-refractivity contribution in [1.29, 1.82) is 0 Å². The van der Waals surface area contributed by atoms with Gasteiger partial charge in [-0.1, -0.05) is 40.5 Å². The van der Waals surface area contributed by atoms with Crippen molar-refractivity contribution in [3.05, 3.63) is 16.1 Å². The zero-order valence-corrected chi connectivity index (χ0v) is 13.5. The highest BCUT2D eigenvalue weighted by Crippen LogP contribution is 2.44. The molecule has 3 heteroatoms. The van der Waals surface area contributed by atoms with Crippen LogP contribution in [0.25, 0.3) is 0 Å². The van der Waals surface area contributed by atoms with Crippen molar-refractivity contribution in [2.75, 3.05) is 0 Å². The summed E-state index contributed by atoms with van der Waals surface area (Å²) in [5.41, 5.74) is 1.42. The molecule has 1 aromatic heterocycles. The summed E-state index contributed by atoms with van der Waals surface area (Å²) in [6, 6.07) is 0. The number of aliphatic hydroxyl groups excluding tert-OH is 1. The second-order valence-corrected chi connectivity index (χ2v) is 7.96. The molecule has 1 N–H and O–H groups in total. The van der Waals surface area contributed by atoms with Crippen molar-refractivity contribution >= 4 is 11.3 Å². The molecule has 0 aliphatic heterocycles. The first-order valence-corrected chi connectivity index (χ1v) is 8.38. The SMILES string of the molecule is CCC1(C(O)Cc2nc(C(C)(C)C)cs2)CCCC1. The van der Waals surface area contributed by atoms with Crippen LogP contribution >= 0.6 is 11.3 Å². The van der Waals surface area contributed by atoms with Crippen molar-refractivity contribution in [2.45, 2.75) is 77.7 Å². The van der Waals surface area contributed by atoms with Gasteiger partial charge in [0.05, 0.1) is 16.8 Å². The molecule has 108 valence electrons. The average Bonchev–Trinajstić information content (AvgIpc) is 2.96. The van der Waals surface area contributed by atoms with E-state index in [4.69, 9.17) is 4.98 Å². The highest BCUT2D eigenvalue weighted by Gasteiger charge is 2.39. The summed E-state index contributed by atoms with van der Waals surface area (Å²) >= 11 is 1.70. The van der Waals surface area contributed by atoms with E-state index in [0.717, 1.165) is 23.5 Å². The second kappa shape index (κ2) is 5.53. The van der Waals surface area contributed by atoms with E-state index in [9.17, 15) is 5.11 Å². The first-order chi connectivity index (χ1) is 8.87. The largest absolute Gasteiger partial charge is 0.392 e. The summed E-state index contributed by atoms with van der Waals surface area (Å²) in [6.45, 7) is 8.78. The van der Waals surface area contributed by atoms with Crippen LogP contribution in [0.4, 0.5) is 0 Å². The molecule has 2 nitrogen and oxygen atoms in total. The van der Waals surface area contributed by atoms with Gasteiger partial charge in [0.1, 0.15) is 0 Å². The average molecular weight is 281 g/mol. The van der Waals surface area contributed by atoms with E-state index in [1.807, 2.05) is 0 Å². The first-order valence-electron chi connectivity index (χ1n) is 7.50. The van der Waals surface area contributed by atoms with E-state index < -0.39 is 0 Å². The zero-order valence-electron chi connectivity index (χ0n) is 12.7. The summed E-state index contributed by atoms with van der Waals surface area (Å²) in [5, 5.41) is 13.9. The fraction of sp³-hybridized carbons (Fsp3) is 0.812. The van der Waals surface area contributed by atoms with Crippen LogP contribution in [0, 0.1) is 5.41 Å². The lowest BCUT2D eigenvalue weighted by Gasteiger charge is -2.32. The molecular formula is C16H27NOS. The van der Waals surface area contributed by atoms with Crippen LogP contribution < -0.4 is 0 Å². The van der Waals surface area contributed by atoms with E-state index in [0.29, 0.717) is 0 Å². The number of hydrogen-bond acceptors (Lipinski definition) is 3. The minimum atomic E-state index is -0.223. The molecule has 1 aromatic rings. The van der Waals surface area contributed by atoms with Crippen LogP contribution in [0.15, 0.2) is 5.38 Å². The van der Waals surface area contributed by atoms with Gasteiger partial charge in [-0.3, -0.25) is 0 Å². The lowest BCUT2D eigenvalue weighted by molar-refractivity contribution is 0.0256. The molecule has 1 aliphatic carbocycles. The Morgan fingerprint density at radius 2 is 2.00 bits per heavy atom. The third-order valence-electron chi connectivity index (χ3n) is 4.70. The van der Waals surface area contributed by atoms with E-state index in [1.165, 1.54) is 25.7 Å². The Balaban J connectivity index is 2.06. The van der Waals surface area contributed by atoms with Gasteiger partial charge in [-0.25, -0.2) is 4.98 Å². The summed E-state index contributed by atoms with van der Waals surface area (Å²) in [5.74, 6) is 0. The van der Waals surface area contributed by atoms with E-state index in [2.05, 4.69) is 33.1 Å². The van der Waals surface area contributed by atoms with Gasteiger partial charge in [-0.15, -0.1) is 11.3 Å². The Hall–Kier alpha value is -0.410. The van der Waals surface area contributed by atoms with Gasteiger partial charge in [-0.05, 0) is 24.7 Å².